The summed E-state index contributed by atoms with van der Waals surface area (Å²) in [5.41, 5.74) is 5.52. The Hall–Kier alpha value is -1.77. The van der Waals surface area contributed by atoms with Gasteiger partial charge in [-0.3, -0.25) is 4.68 Å². The van der Waals surface area contributed by atoms with E-state index in [-0.39, 0.29) is 24.0 Å². The maximum atomic E-state index is 12.6. The summed E-state index contributed by atoms with van der Waals surface area (Å²) in [5.74, 6) is 0. The molecule has 0 aromatic carbocycles. The van der Waals surface area contributed by atoms with Crippen LogP contribution in [0.1, 0.15) is 30.7 Å². The predicted octanol–water partition coefficient (Wildman–Crippen LogP) is 1.46. The van der Waals surface area contributed by atoms with E-state index in [4.69, 9.17) is 5.73 Å². The Morgan fingerprint density at radius 2 is 2.22 bits per heavy atom. The highest BCUT2D eigenvalue weighted by Gasteiger charge is 2.49. The highest BCUT2D eigenvalue weighted by atomic mass is 19.4. The molecule has 1 aliphatic heterocycles. The first kappa shape index (κ1) is 16.1. The second-order valence-corrected chi connectivity index (χ2v) is 6.50. The summed E-state index contributed by atoms with van der Waals surface area (Å²) in [6.45, 7) is 1.11. The van der Waals surface area contributed by atoms with E-state index in [2.05, 4.69) is 10.4 Å². The van der Waals surface area contributed by atoms with Gasteiger partial charge in [-0.1, -0.05) is 6.42 Å². The Morgan fingerprint density at radius 3 is 2.70 bits per heavy atom. The first-order valence-electron chi connectivity index (χ1n) is 7.60. The van der Waals surface area contributed by atoms with Crippen molar-refractivity contribution in [3.63, 3.8) is 0 Å². The molecular formula is C14H20F3N5O. The van der Waals surface area contributed by atoms with E-state index in [0.29, 0.717) is 18.8 Å². The van der Waals surface area contributed by atoms with Gasteiger partial charge in [0.25, 0.3) is 0 Å². The van der Waals surface area contributed by atoms with E-state index in [1.54, 1.807) is 4.90 Å². The van der Waals surface area contributed by atoms with Crippen LogP contribution in [0.4, 0.5) is 18.0 Å². The van der Waals surface area contributed by atoms with Crippen molar-refractivity contribution < 1.29 is 18.0 Å². The van der Waals surface area contributed by atoms with Crippen LogP contribution in [0.25, 0.3) is 0 Å². The highest BCUT2D eigenvalue weighted by molar-refractivity contribution is 5.74. The number of amides is 2. The lowest BCUT2D eigenvalue weighted by molar-refractivity contribution is -0.141. The third-order valence-corrected chi connectivity index (χ3v) is 5.03. The Bertz CT molecular complexity index is 608. The molecule has 2 aliphatic rings. The minimum Gasteiger partial charge on any atom is -0.332 e. The fraction of sp³-hybridized carbons (Fsp3) is 0.714. The molecule has 1 saturated carbocycles. The number of aromatic nitrogens is 2. The van der Waals surface area contributed by atoms with Crippen LogP contribution >= 0.6 is 0 Å². The van der Waals surface area contributed by atoms with Gasteiger partial charge in [0.1, 0.15) is 0 Å². The van der Waals surface area contributed by atoms with E-state index >= 15 is 0 Å². The second kappa shape index (κ2) is 5.40. The molecule has 1 aliphatic carbocycles. The van der Waals surface area contributed by atoms with Crippen molar-refractivity contribution in [1.82, 2.24) is 20.0 Å². The largest absolute Gasteiger partial charge is 0.435 e. The molecule has 0 radical (unpaired) electrons. The number of urea groups is 1. The van der Waals surface area contributed by atoms with Crippen LogP contribution in [0.5, 0.6) is 0 Å². The molecular weight excluding hydrogens is 311 g/mol. The number of rotatable bonds is 2. The molecule has 1 spiro atoms. The number of nitrogens with one attached hydrogen (secondary N) is 1. The zero-order chi connectivity index (χ0) is 16.8. The van der Waals surface area contributed by atoms with Crippen molar-refractivity contribution in [2.75, 3.05) is 13.1 Å². The van der Waals surface area contributed by atoms with Gasteiger partial charge >= 0.3 is 12.2 Å². The third-order valence-electron chi connectivity index (χ3n) is 5.03. The zero-order valence-corrected chi connectivity index (χ0v) is 12.9. The maximum absolute atomic E-state index is 12.6. The van der Waals surface area contributed by atoms with Gasteiger partial charge in [0.05, 0.1) is 12.2 Å². The quantitative estimate of drug-likeness (QED) is 0.861. The van der Waals surface area contributed by atoms with Gasteiger partial charge in [-0.25, -0.2) is 4.79 Å². The Labute approximate surface area is 131 Å². The van der Waals surface area contributed by atoms with Crippen molar-refractivity contribution in [1.29, 1.82) is 0 Å². The maximum Gasteiger partial charge on any atom is 0.435 e. The number of hydrogen-bond donors (Lipinski definition) is 2. The molecule has 1 unspecified atom stereocenters. The van der Waals surface area contributed by atoms with Crippen molar-refractivity contribution in [3.8, 4) is 0 Å². The number of likely N-dealkylation sites (tertiary alicyclic amines) is 1. The van der Waals surface area contributed by atoms with E-state index in [0.717, 1.165) is 30.0 Å². The van der Waals surface area contributed by atoms with Crippen LogP contribution in [0, 0.1) is 5.41 Å². The Balaban J connectivity index is 1.59. The molecule has 2 fully saturated rings. The van der Waals surface area contributed by atoms with Gasteiger partial charge in [0, 0.05) is 31.6 Å². The predicted molar refractivity (Wildman–Crippen MR) is 76.3 cm³/mol. The summed E-state index contributed by atoms with van der Waals surface area (Å²) in [6.07, 6.45) is -1.28. The number of aryl methyl sites for hydroxylation is 1. The number of alkyl halides is 3. The van der Waals surface area contributed by atoms with Gasteiger partial charge in [0.2, 0.25) is 0 Å². The van der Waals surface area contributed by atoms with Gasteiger partial charge in [0.15, 0.2) is 5.69 Å². The summed E-state index contributed by atoms with van der Waals surface area (Å²) in [6, 6.07) is 0.637. The molecule has 3 N–H and O–H groups in total. The van der Waals surface area contributed by atoms with E-state index < -0.39 is 11.9 Å². The van der Waals surface area contributed by atoms with E-state index in [1.807, 2.05) is 0 Å². The van der Waals surface area contributed by atoms with Gasteiger partial charge < -0.3 is 16.0 Å². The lowest BCUT2D eigenvalue weighted by Gasteiger charge is -2.41. The molecule has 23 heavy (non-hydrogen) atoms. The SMILES string of the molecule is Cn1nc(C(F)(F)F)cc1CNC(=O)N1CC(N)C2(CCC2)C1. The van der Waals surface area contributed by atoms with Crippen molar-refractivity contribution in [2.24, 2.45) is 18.2 Å². The standard InChI is InChI=1S/C14H20F3N5O/c1-21-9(5-11(20-21)14(15,16)17)6-19-12(23)22-7-10(18)13(8-22)3-2-4-13/h5,10H,2-4,6-8,18H2,1H3,(H,19,23). The second-order valence-electron chi connectivity index (χ2n) is 6.50. The molecule has 2 amide bonds. The lowest BCUT2D eigenvalue weighted by atomic mass is 9.66. The minimum absolute atomic E-state index is 0.00283. The molecule has 3 rings (SSSR count). The normalized spacial score (nSPS) is 23.2. The molecule has 128 valence electrons. The van der Waals surface area contributed by atoms with Gasteiger partial charge in [-0.05, 0) is 18.9 Å². The van der Waals surface area contributed by atoms with E-state index in [1.165, 1.54) is 7.05 Å². The van der Waals surface area contributed by atoms with Crippen LogP contribution in [0.15, 0.2) is 6.07 Å². The molecule has 1 aromatic heterocycles. The van der Waals surface area contributed by atoms with Crippen molar-refractivity contribution in [2.45, 2.75) is 38.0 Å². The minimum atomic E-state index is -4.49. The molecule has 1 saturated heterocycles. The Kier molecular flexibility index (Phi) is 3.78. The molecule has 1 atom stereocenters. The fourth-order valence-electron chi connectivity index (χ4n) is 3.40. The van der Waals surface area contributed by atoms with Crippen LogP contribution < -0.4 is 11.1 Å². The van der Waals surface area contributed by atoms with Crippen LogP contribution in [0.2, 0.25) is 0 Å². The molecule has 2 heterocycles. The van der Waals surface area contributed by atoms with Crippen LogP contribution in [-0.4, -0.2) is 39.8 Å². The summed E-state index contributed by atoms with van der Waals surface area (Å²) < 4.78 is 39.0. The van der Waals surface area contributed by atoms with Gasteiger partial charge in [-0.15, -0.1) is 0 Å². The van der Waals surface area contributed by atoms with Crippen LogP contribution in [0.3, 0.4) is 0 Å². The lowest BCUT2D eigenvalue weighted by Crippen LogP contribution is -2.45. The molecule has 1 aromatic rings. The zero-order valence-electron chi connectivity index (χ0n) is 12.9. The highest BCUT2D eigenvalue weighted by Crippen LogP contribution is 2.47. The number of nitrogens with zero attached hydrogens (tertiary/aromatic N) is 3. The summed E-state index contributed by atoms with van der Waals surface area (Å²) in [5, 5.41) is 6.08. The number of hydrogen-bond acceptors (Lipinski definition) is 3. The first-order chi connectivity index (χ1) is 10.7. The van der Waals surface area contributed by atoms with Gasteiger partial charge in [-0.2, -0.15) is 18.3 Å². The van der Waals surface area contributed by atoms with Crippen molar-refractivity contribution >= 4 is 6.03 Å². The number of carbonyl (C=O) groups is 1. The summed E-state index contributed by atoms with van der Waals surface area (Å²) in [4.78, 5) is 13.9. The average molecular weight is 331 g/mol. The van der Waals surface area contributed by atoms with Crippen LogP contribution in [-0.2, 0) is 19.8 Å². The van der Waals surface area contributed by atoms with E-state index in [9.17, 15) is 18.0 Å². The number of carbonyl (C=O) groups excluding carboxylic acids is 1. The number of nitrogens with two attached hydrogens (primary N) is 1. The topological polar surface area (TPSA) is 76.2 Å². The Morgan fingerprint density at radius 1 is 1.52 bits per heavy atom. The van der Waals surface area contributed by atoms with Crippen molar-refractivity contribution in [3.05, 3.63) is 17.5 Å². The average Bonchev–Trinajstić information content (AvgIpc) is 2.96. The molecule has 0 bridgehead atoms. The molecule has 9 heteroatoms. The number of halogens is 3. The smallest absolute Gasteiger partial charge is 0.332 e. The monoisotopic (exact) mass is 331 g/mol. The third kappa shape index (κ3) is 2.89. The summed E-state index contributed by atoms with van der Waals surface area (Å²) >= 11 is 0. The fourth-order valence-corrected chi connectivity index (χ4v) is 3.40. The molecule has 6 nitrogen and oxygen atoms in total. The first-order valence-corrected chi connectivity index (χ1v) is 7.60. The summed E-state index contributed by atoms with van der Waals surface area (Å²) in [7, 11) is 1.42.